The lowest BCUT2D eigenvalue weighted by molar-refractivity contribution is -0.159. The van der Waals surface area contributed by atoms with Crippen LogP contribution in [0.3, 0.4) is 0 Å². The van der Waals surface area contributed by atoms with Crippen LogP contribution in [0.25, 0.3) is 21.6 Å². The molecule has 4 heterocycles. The Morgan fingerprint density at radius 1 is 1.07 bits per heavy atom. The third-order valence-electron chi connectivity index (χ3n) is 12.9. The van der Waals surface area contributed by atoms with Crippen LogP contribution in [0.15, 0.2) is 30.4 Å². The highest BCUT2D eigenvalue weighted by atomic mass is 32.2. The fourth-order valence-electron chi connectivity index (χ4n) is 9.06. The van der Waals surface area contributed by atoms with E-state index >= 15 is 0 Å². The zero-order valence-electron chi connectivity index (χ0n) is 37.2. The number of amides is 2. The number of para-hydroxylation sites is 1. The van der Waals surface area contributed by atoms with Gasteiger partial charge < -0.3 is 14.4 Å². The topological polar surface area (TPSA) is 167 Å². The Morgan fingerprint density at radius 2 is 1.80 bits per heavy atom. The first-order valence-electron chi connectivity index (χ1n) is 22.1. The van der Waals surface area contributed by atoms with Crippen LogP contribution in [0.5, 0.6) is 6.01 Å². The highest BCUT2D eigenvalue weighted by Gasteiger charge is 2.62. The number of hydrogen-bond donors (Lipinski definition) is 1. The summed E-state index contributed by atoms with van der Waals surface area (Å²) in [6, 6.07) is 5.34. The number of ether oxygens (including phenoxy) is 2. The third-order valence-corrected chi connectivity index (χ3v) is 16.1. The van der Waals surface area contributed by atoms with E-state index in [0.29, 0.717) is 38.1 Å². The molecule has 0 spiro atoms. The van der Waals surface area contributed by atoms with Gasteiger partial charge in [0, 0.05) is 35.2 Å². The lowest BCUT2D eigenvalue weighted by atomic mass is 9.90. The van der Waals surface area contributed by atoms with Crippen LogP contribution >= 0.6 is 11.3 Å². The lowest BCUT2D eigenvalue weighted by Gasteiger charge is -2.29. The van der Waals surface area contributed by atoms with Crippen molar-refractivity contribution in [2.75, 3.05) is 6.54 Å². The van der Waals surface area contributed by atoms with Crippen molar-refractivity contribution in [3.8, 4) is 16.6 Å². The fraction of sp³-hybridized carbons (Fsp3) is 0.652. The molecule has 2 amide bonds. The van der Waals surface area contributed by atoms with E-state index in [1.165, 1.54) is 0 Å². The van der Waals surface area contributed by atoms with E-state index < -0.39 is 55.7 Å². The summed E-state index contributed by atoms with van der Waals surface area (Å²) in [6.45, 7) is 17.5. The van der Waals surface area contributed by atoms with Crippen molar-refractivity contribution in [2.24, 2.45) is 17.3 Å². The molecule has 13 nitrogen and oxygen atoms in total. The number of hydrogen-bond acceptors (Lipinski definition) is 11. The number of benzene rings is 1. The summed E-state index contributed by atoms with van der Waals surface area (Å²) in [5, 5.41) is 0.871. The van der Waals surface area contributed by atoms with Crippen LogP contribution in [0, 0.1) is 24.2 Å². The summed E-state index contributed by atoms with van der Waals surface area (Å²) >= 11 is 1.63. The zero-order chi connectivity index (χ0) is 44.2. The predicted octanol–water partition coefficient (Wildman–Crippen LogP) is 8.35. The van der Waals surface area contributed by atoms with Gasteiger partial charge in [-0.3, -0.25) is 28.5 Å². The molecule has 2 aliphatic heterocycles. The number of imidazole rings is 1. The first-order chi connectivity index (χ1) is 28.6. The van der Waals surface area contributed by atoms with Crippen molar-refractivity contribution >= 4 is 56.0 Å². The van der Waals surface area contributed by atoms with Crippen molar-refractivity contribution in [3.63, 3.8) is 0 Å². The van der Waals surface area contributed by atoms with E-state index in [9.17, 15) is 27.6 Å². The van der Waals surface area contributed by atoms with Gasteiger partial charge in [-0.25, -0.2) is 13.4 Å². The van der Waals surface area contributed by atoms with Crippen molar-refractivity contribution in [3.05, 3.63) is 40.9 Å². The first-order valence-corrected chi connectivity index (χ1v) is 24.4. The molecule has 15 heteroatoms. The van der Waals surface area contributed by atoms with Crippen LogP contribution in [0.2, 0.25) is 0 Å². The van der Waals surface area contributed by atoms with Gasteiger partial charge in [0.1, 0.15) is 22.2 Å². The van der Waals surface area contributed by atoms with Crippen LogP contribution in [0.4, 0.5) is 0 Å². The summed E-state index contributed by atoms with van der Waals surface area (Å²) in [7, 11) is -3.96. The van der Waals surface area contributed by atoms with Crippen molar-refractivity contribution in [1.82, 2.24) is 24.2 Å². The lowest BCUT2D eigenvalue weighted by Crippen LogP contribution is -2.47. The standard InChI is InChI=1S/C46H63N5O8S2/c1-27(2)38-29(5)60-40(47-38)33-18-15-19-34-39(33)48-43(51(34)28(3)4)58-32-23-35-36(52)25-46(42(55)49-61(56,57)45(9)20-21-45)24-31(46)17-14-12-10-11-13-16-30(41(54)50(35)26-32)22-37(53)59-44(6,7)8/h14-15,17-19,27-28,30-32,35H,10-13,16,20-26H2,1-9H3,(H,49,55)/b17-14-/t30-,31-,32-,35+,46-/m1/s1. The minimum atomic E-state index is -3.96. The molecule has 1 saturated heterocycles. The average molecular weight is 878 g/mol. The molecule has 3 fully saturated rings. The Bertz CT molecular complexity index is 2330. The molecule has 2 aliphatic carbocycles. The molecule has 2 aromatic heterocycles. The van der Waals surface area contributed by atoms with Crippen molar-refractivity contribution in [2.45, 2.75) is 167 Å². The van der Waals surface area contributed by atoms with E-state index in [1.54, 1.807) is 43.9 Å². The Balaban J connectivity index is 1.23. The van der Waals surface area contributed by atoms with E-state index in [4.69, 9.17) is 19.4 Å². The summed E-state index contributed by atoms with van der Waals surface area (Å²) < 4.78 is 42.4. The van der Waals surface area contributed by atoms with Gasteiger partial charge in [-0.05, 0) is 111 Å². The highest BCUT2D eigenvalue weighted by Crippen LogP contribution is 2.58. The number of sulfonamides is 1. The van der Waals surface area contributed by atoms with Gasteiger partial charge in [0.05, 0.1) is 40.4 Å². The summed E-state index contributed by atoms with van der Waals surface area (Å²) in [5.74, 6) is -2.62. The second-order valence-electron chi connectivity index (χ2n) is 19.7. The number of carbonyl (C=O) groups excluding carboxylic acids is 4. The number of ketones is 1. The number of Topliss-reactive ketones (excluding diaryl/α,β-unsaturated/α-hetero) is 1. The first kappa shape index (κ1) is 44.9. The number of aryl methyl sites for hydroxylation is 1. The number of aromatic nitrogens is 3. The van der Waals surface area contributed by atoms with Crippen LogP contribution in [-0.4, -0.2) is 80.5 Å². The number of fused-ring (bicyclic) bond motifs is 3. The van der Waals surface area contributed by atoms with E-state index in [1.807, 2.05) is 48.8 Å². The number of rotatable bonds is 10. The summed E-state index contributed by atoms with van der Waals surface area (Å²) in [4.78, 5) is 69.7. The van der Waals surface area contributed by atoms with Crippen LogP contribution in [0.1, 0.15) is 149 Å². The number of carbonyl (C=O) groups is 4. The Morgan fingerprint density at radius 3 is 2.46 bits per heavy atom. The van der Waals surface area contributed by atoms with Gasteiger partial charge in [0.25, 0.3) is 6.01 Å². The molecule has 2 saturated carbocycles. The van der Waals surface area contributed by atoms with Gasteiger partial charge in [-0.1, -0.05) is 44.9 Å². The molecule has 1 N–H and O–H groups in total. The summed E-state index contributed by atoms with van der Waals surface area (Å²) in [6.07, 6.45) is 7.86. The molecular formula is C46H63N5O8S2. The maximum absolute atomic E-state index is 14.8. The quantitative estimate of drug-likeness (QED) is 0.155. The smallest absolute Gasteiger partial charge is 0.307 e. The number of nitrogens with one attached hydrogen (secondary N) is 1. The van der Waals surface area contributed by atoms with Crippen molar-refractivity contribution < 1.29 is 37.1 Å². The Hall–Kier alpha value is -4.11. The molecule has 3 aromatic rings. The number of esters is 1. The molecule has 0 bridgehead atoms. The monoisotopic (exact) mass is 877 g/mol. The van der Waals surface area contributed by atoms with Gasteiger partial charge in [0.2, 0.25) is 21.8 Å². The minimum absolute atomic E-state index is 0.0553. The minimum Gasteiger partial charge on any atom is -0.460 e. The molecule has 0 radical (unpaired) electrons. The molecular weight excluding hydrogens is 815 g/mol. The van der Waals surface area contributed by atoms with Crippen molar-refractivity contribution in [1.29, 1.82) is 0 Å². The number of nitrogens with zero attached hydrogens (tertiary/aromatic N) is 4. The average Bonchev–Trinajstić information content (AvgIpc) is 3.89. The van der Waals surface area contributed by atoms with E-state index in [2.05, 4.69) is 25.5 Å². The molecule has 61 heavy (non-hydrogen) atoms. The maximum atomic E-state index is 14.8. The Kier molecular flexibility index (Phi) is 12.4. The number of allylic oxidation sites excluding steroid dienone is 2. The predicted molar refractivity (Wildman–Crippen MR) is 236 cm³/mol. The second-order valence-corrected chi connectivity index (χ2v) is 23.1. The fourth-order valence-corrected chi connectivity index (χ4v) is 11.5. The largest absolute Gasteiger partial charge is 0.460 e. The zero-order valence-corrected chi connectivity index (χ0v) is 38.8. The van der Waals surface area contributed by atoms with Crippen LogP contribution < -0.4 is 9.46 Å². The van der Waals surface area contributed by atoms with Gasteiger partial charge >= 0.3 is 5.97 Å². The highest BCUT2D eigenvalue weighted by molar-refractivity contribution is 7.91. The molecule has 1 aromatic carbocycles. The Labute approximate surface area is 364 Å². The van der Waals surface area contributed by atoms with E-state index in [0.717, 1.165) is 51.4 Å². The van der Waals surface area contributed by atoms with Gasteiger partial charge in [-0.15, -0.1) is 11.3 Å². The van der Waals surface area contributed by atoms with Crippen LogP contribution in [-0.2, 0) is 33.9 Å². The molecule has 4 aliphatic rings. The molecule has 0 unspecified atom stereocenters. The normalized spacial score (nSPS) is 26.4. The third kappa shape index (κ3) is 9.33. The molecule has 5 atom stereocenters. The van der Waals surface area contributed by atoms with Gasteiger partial charge in [-0.2, -0.15) is 4.98 Å². The maximum Gasteiger partial charge on any atom is 0.307 e. The SMILES string of the molecule is Cc1sc(-c2cccc3c2nc(O[C@@H]2C[C@H]4C(=O)C[C@]5(C(=O)NS(=O)(=O)C6(C)CC6)C[C@H]5/C=C\CCCCC[C@H](CC(=O)OC(C)(C)C)C(=O)N4C2)n3C(C)C)nc1C(C)C. The second kappa shape index (κ2) is 16.9. The summed E-state index contributed by atoms with van der Waals surface area (Å²) in [5.41, 5.74) is 1.55. The van der Waals surface area contributed by atoms with E-state index in [-0.39, 0.29) is 55.4 Å². The number of thiazole rings is 1. The van der Waals surface area contributed by atoms with Gasteiger partial charge in [0.15, 0.2) is 5.78 Å². The molecule has 332 valence electrons. The molecule has 7 rings (SSSR count).